The number of nitrogens with zero attached hydrogens (tertiary/aromatic N) is 1. The van der Waals surface area contributed by atoms with Gasteiger partial charge in [0.15, 0.2) is 0 Å². The zero-order valence-corrected chi connectivity index (χ0v) is 13.8. The Kier molecular flexibility index (Phi) is 4.73. The minimum Gasteiger partial charge on any atom is -0.367 e. The van der Waals surface area contributed by atoms with Crippen LogP contribution in [0.2, 0.25) is 0 Å². The van der Waals surface area contributed by atoms with Crippen molar-refractivity contribution in [3.8, 4) is 0 Å². The summed E-state index contributed by atoms with van der Waals surface area (Å²) in [5, 5.41) is 6.29. The van der Waals surface area contributed by atoms with Crippen LogP contribution in [-0.4, -0.2) is 16.9 Å². The molecule has 1 amide bonds. The van der Waals surface area contributed by atoms with Crippen LogP contribution in [0, 0.1) is 0 Å². The van der Waals surface area contributed by atoms with Gasteiger partial charge in [0.25, 0.3) is 5.91 Å². The SMILES string of the molecule is O=C(Nc1ccc(NC2CCCC2)nc1)c1cccc(Br)c1. The van der Waals surface area contributed by atoms with Crippen molar-refractivity contribution in [3.05, 3.63) is 52.6 Å². The molecule has 0 atom stereocenters. The van der Waals surface area contributed by atoms with Gasteiger partial charge >= 0.3 is 0 Å². The van der Waals surface area contributed by atoms with E-state index < -0.39 is 0 Å². The maximum Gasteiger partial charge on any atom is 0.255 e. The molecule has 1 aliphatic rings. The van der Waals surface area contributed by atoms with E-state index in [1.807, 2.05) is 24.3 Å². The first-order valence-electron chi connectivity index (χ1n) is 7.50. The maximum atomic E-state index is 12.2. The van der Waals surface area contributed by atoms with Gasteiger partial charge in [-0.1, -0.05) is 34.8 Å². The molecule has 1 saturated carbocycles. The predicted molar refractivity (Wildman–Crippen MR) is 92.2 cm³/mol. The normalized spacial score (nSPS) is 14.8. The lowest BCUT2D eigenvalue weighted by Crippen LogP contribution is -2.16. The van der Waals surface area contributed by atoms with Gasteiger partial charge in [-0.05, 0) is 43.2 Å². The average Bonchev–Trinajstić information content (AvgIpc) is 3.02. The number of carbonyl (C=O) groups is 1. The van der Waals surface area contributed by atoms with Crippen molar-refractivity contribution in [2.24, 2.45) is 0 Å². The Morgan fingerprint density at radius 1 is 1.18 bits per heavy atom. The molecule has 22 heavy (non-hydrogen) atoms. The van der Waals surface area contributed by atoms with E-state index in [9.17, 15) is 4.79 Å². The Morgan fingerprint density at radius 3 is 2.68 bits per heavy atom. The predicted octanol–water partition coefficient (Wildman–Crippen LogP) is 4.45. The van der Waals surface area contributed by atoms with Gasteiger partial charge in [0.05, 0.1) is 11.9 Å². The highest BCUT2D eigenvalue weighted by Crippen LogP contribution is 2.22. The Morgan fingerprint density at radius 2 is 2.00 bits per heavy atom. The van der Waals surface area contributed by atoms with Crippen LogP contribution in [0.25, 0.3) is 0 Å². The molecule has 3 rings (SSSR count). The van der Waals surface area contributed by atoms with Crippen LogP contribution in [0.1, 0.15) is 36.0 Å². The molecule has 0 radical (unpaired) electrons. The molecule has 0 unspecified atom stereocenters. The molecule has 5 heteroatoms. The highest BCUT2D eigenvalue weighted by Gasteiger charge is 2.14. The summed E-state index contributed by atoms with van der Waals surface area (Å²) < 4.78 is 0.884. The summed E-state index contributed by atoms with van der Waals surface area (Å²) >= 11 is 3.37. The van der Waals surface area contributed by atoms with Crippen LogP contribution in [0.5, 0.6) is 0 Å². The third-order valence-corrected chi connectivity index (χ3v) is 4.31. The molecule has 0 spiro atoms. The van der Waals surface area contributed by atoms with Crippen molar-refractivity contribution in [2.45, 2.75) is 31.7 Å². The van der Waals surface area contributed by atoms with Crippen molar-refractivity contribution in [1.82, 2.24) is 4.98 Å². The van der Waals surface area contributed by atoms with Gasteiger partial charge in [-0.15, -0.1) is 0 Å². The Hall–Kier alpha value is -1.88. The second-order valence-corrected chi connectivity index (χ2v) is 6.44. The first-order valence-corrected chi connectivity index (χ1v) is 8.29. The van der Waals surface area contributed by atoms with Crippen LogP contribution in [0.3, 0.4) is 0 Å². The van der Waals surface area contributed by atoms with Crippen LogP contribution < -0.4 is 10.6 Å². The molecule has 1 aliphatic carbocycles. The van der Waals surface area contributed by atoms with E-state index >= 15 is 0 Å². The molecule has 0 saturated heterocycles. The Bertz CT molecular complexity index is 651. The van der Waals surface area contributed by atoms with Crippen LogP contribution in [0.15, 0.2) is 47.1 Å². The number of rotatable bonds is 4. The van der Waals surface area contributed by atoms with E-state index in [0.29, 0.717) is 17.3 Å². The van der Waals surface area contributed by atoms with Crippen molar-refractivity contribution in [2.75, 3.05) is 10.6 Å². The fraction of sp³-hybridized carbons (Fsp3) is 0.294. The minimum atomic E-state index is -0.139. The van der Waals surface area contributed by atoms with Crippen LogP contribution >= 0.6 is 15.9 Å². The monoisotopic (exact) mass is 359 g/mol. The summed E-state index contributed by atoms with van der Waals surface area (Å²) in [4.78, 5) is 16.5. The van der Waals surface area contributed by atoms with Crippen molar-refractivity contribution < 1.29 is 4.79 Å². The minimum absolute atomic E-state index is 0.139. The summed E-state index contributed by atoms with van der Waals surface area (Å²) in [6.45, 7) is 0. The van der Waals surface area contributed by atoms with Gasteiger partial charge in [0, 0.05) is 16.1 Å². The van der Waals surface area contributed by atoms with Gasteiger partial charge < -0.3 is 10.6 Å². The molecule has 114 valence electrons. The average molecular weight is 360 g/mol. The molecular weight excluding hydrogens is 342 g/mol. The lowest BCUT2D eigenvalue weighted by atomic mass is 10.2. The lowest BCUT2D eigenvalue weighted by molar-refractivity contribution is 0.102. The van der Waals surface area contributed by atoms with Crippen LogP contribution in [-0.2, 0) is 0 Å². The lowest BCUT2D eigenvalue weighted by Gasteiger charge is -2.13. The molecular formula is C17H18BrN3O. The number of aromatic nitrogens is 1. The molecule has 0 aliphatic heterocycles. The number of nitrogens with one attached hydrogen (secondary N) is 2. The van der Waals surface area contributed by atoms with Crippen molar-refractivity contribution >= 4 is 33.3 Å². The summed E-state index contributed by atoms with van der Waals surface area (Å²) in [6, 6.07) is 11.6. The van der Waals surface area contributed by atoms with Gasteiger partial charge in [-0.2, -0.15) is 0 Å². The second-order valence-electron chi connectivity index (χ2n) is 5.52. The Labute approximate surface area is 138 Å². The molecule has 1 aromatic carbocycles. The van der Waals surface area contributed by atoms with E-state index in [1.165, 1.54) is 25.7 Å². The number of anilines is 2. The van der Waals surface area contributed by atoms with Gasteiger partial charge in [0.1, 0.15) is 5.82 Å². The fourth-order valence-electron chi connectivity index (χ4n) is 2.67. The summed E-state index contributed by atoms with van der Waals surface area (Å²) in [5.74, 6) is 0.729. The number of hydrogen-bond acceptors (Lipinski definition) is 3. The van der Waals surface area contributed by atoms with Crippen molar-refractivity contribution in [3.63, 3.8) is 0 Å². The number of hydrogen-bond donors (Lipinski definition) is 2. The molecule has 2 aromatic rings. The Balaban J connectivity index is 1.61. The fourth-order valence-corrected chi connectivity index (χ4v) is 3.06. The molecule has 1 aromatic heterocycles. The maximum absolute atomic E-state index is 12.2. The molecule has 0 bridgehead atoms. The third kappa shape index (κ3) is 3.85. The standard InChI is InChI=1S/C17H18BrN3O/c18-13-5-3-4-12(10-13)17(22)21-15-8-9-16(19-11-15)20-14-6-1-2-7-14/h3-5,8-11,14H,1-2,6-7H2,(H,19,20)(H,21,22). The molecule has 4 nitrogen and oxygen atoms in total. The highest BCUT2D eigenvalue weighted by atomic mass is 79.9. The number of pyridine rings is 1. The van der Waals surface area contributed by atoms with Gasteiger partial charge in [-0.3, -0.25) is 4.79 Å². The smallest absolute Gasteiger partial charge is 0.255 e. The summed E-state index contributed by atoms with van der Waals surface area (Å²) in [5.41, 5.74) is 1.31. The molecule has 1 heterocycles. The quantitative estimate of drug-likeness (QED) is 0.847. The first kappa shape index (κ1) is 15.0. The summed E-state index contributed by atoms with van der Waals surface area (Å²) in [6.07, 6.45) is 6.69. The zero-order chi connectivity index (χ0) is 15.4. The summed E-state index contributed by atoms with van der Waals surface area (Å²) in [7, 11) is 0. The zero-order valence-electron chi connectivity index (χ0n) is 12.2. The van der Waals surface area contributed by atoms with Crippen LogP contribution in [0.4, 0.5) is 11.5 Å². The highest BCUT2D eigenvalue weighted by molar-refractivity contribution is 9.10. The van der Waals surface area contributed by atoms with E-state index in [-0.39, 0.29) is 5.91 Å². The number of amides is 1. The van der Waals surface area contributed by atoms with Gasteiger partial charge in [0.2, 0.25) is 0 Å². The van der Waals surface area contributed by atoms with Crippen molar-refractivity contribution in [1.29, 1.82) is 0 Å². The first-order chi connectivity index (χ1) is 10.7. The number of halogens is 1. The van der Waals surface area contributed by atoms with E-state index in [0.717, 1.165) is 10.3 Å². The topological polar surface area (TPSA) is 54.0 Å². The van der Waals surface area contributed by atoms with E-state index in [4.69, 9.17) is 0 Å². The van der Waals surface area contributed by atoms with Gasteiger partial charge in [-0.25, -0.2) is 4.98 Å². The van der Waals surface area contributed by atoms with E-state index in [1.54, 1.807) is 18.3 Å². The molecule has 1 fully saturated rings. The number of benzene rings is 1. The number of carbonyl (C=O) groups excluding carboxylic acids is 1. The second kappa shape index (κ2) is 6.92. The molecule has 2 N–H and O–H groups in total. The third-order valence-electron chi connectivity index (χ3n) is 3.82. The van der Waals surface area contributed by atoms with E-state index in [2.05, 4.69) is 31.5 Å². The largest absolute Gasteiger partial charge is 0.367 e.